The van der Waals surface area contributed by atoms with Gasteiger partial charge < -0.3 is 0 Å². The van der Waals surface area contributed by atoms with E-state index in [-0.39, 0.29) is 5.78 Å². The third kappa shape index (κ3) is 3.35. The van der Waals surface area contributed by atoms with Crippen LogP contribution in [0.1, 0.15) is 15.2 Å². The molecule has 1 aromatic carbocycles. The van der Waals surface area contributed by atoms with Gasteiger partial charge in [0.2, 0.25) is 0 Å². The molecule has 0 atom stereocenters. The molecule has 0 radical (unpaired) electrons. The van der Waals surface area contributed by atoms with Crippen LogP contribution >= 0.6 is 34.7 Å². The van der Waals surface area contributed by atoms with Crippen molar-refractivity contribution >= 4 is 40.5 Å². The van der Waals surface area contributed by atoms with Crippen LogP contribution in [-0.4, -0.2) is 11.5 Å². The van der Waals surface area contributed by atoms with Crippen LogP contribution in [0.2, 0.25) is 5.02 Å². The van der Waals surface area contributed by atoms with E-state index in [4.69, 9.17) is 11.6 Å². The van der Waals surface area contributed by atoms with Gasteiger partial charge in [-0.1, -0.05) is 23.7 Å². The van der Waals surface area contributed by atoms with Crippen LogP contribution < -0.4 is 0 Å². The van der Waals surface area contributed by atoms with E-state index < -0.39 is 0 Å². The molecule has 0 aliphatic carbocycles. The fraction of sp³-hybridized carbons (Fsp3) is 0.154. The second-order valence-electron chi connectivity index (χ2n) is 3.59. The number of thiophene rings is 1. The average Bonchev–Trinajstić information content (AvgIpc) is 2.74. The zero-order valence-electron chi connectivity index (χ0n) is 9.27. The molecule has 17 heavy (non-hydrogen) atoms. The van der Waals surface area contributed by atoms with E-state index in [9.17, 15) is 4.79 Å². The highest BCUT2D eigenvalue weighted by atomic mass is 35.5. The molecule has 1 aromatic heterocycles. The third-order valence-corrected chi connectivity index (χ3v) is 4.62. The number of benzene rings is 1. The molecular weight excluding hydrogens is 272 g/mol. The molecule has 0 saturated carbocycles. The topological polar surface area (TPSA) is 17.1 Å². The van der Waals surface area contributed by atoms with Crippen molar-refractivity contribution in [2.45, 2.75) is 11.8 Å². The van der Waals surface area contributed by atoms with Gasteiger partial charge in [0.25, 0.3) is 0 Å². The Morgan fingerprint density at radius 1 is 1.41 bits per heavy atom. The highest BCUT2D eigenvalue weighted by molar-refractivity contribution is 8.00. The largest absolute Gasteiger partial charge is 0.293 e. The SMILES string of the molecule is Cc1cc(C(=O)CSc2ccccc2Cl)cs1. The van der Waals surface area contributed by atoms with E-state index in [2.05, 4.69) is 0 Å². The van der Waals surface area contributed by atoms with E-state index in [1.165, 1.54) is 11.8 Å². The summed E-state index contributed by atoms with van der Waals surface area (Å²) in [6.45, 7) is 2.00. The summed E-state index contributed by atoms with van der Waals surface area (Å²) in [4.78, 5) is 14.0. The molecule has 1 heterocycles. The molecule has 0 unspecified atom stereocenters. The lowest BCUT2D eigenvalue weighted by molar-refractivity contribution is 0.102. The third-order valence-electron chi connectivity index (χ3n) is 2.25. The van der Waals surface area contributed by atoms with Gasteiger partial charge in [0.15, 0.2) is 5.78 Å². The minimum absolute atomic E-state index is 0.152. The summed E-state index contributed by atoms with van der Waals surface area (Å²) in [6.07, 6.45) is 0. The molecule has 88 valence electrons. The lowest BCUT2D eigenvalue weighted by Gasteiger charge is -2.02. The van der Waals surface area contributed by atoms with E-state index >= 15 is 0 Å². The second kappa shape index (κ2) is 5.71. The number of hydrogen-bond donors (Lipinski definition) is 0. The summed E-state index contributed by atoms with van der Waals surface area (Å²) in [5.41, 5.74) is 0.798. The maximum absolute atomic E-state index is 11.9. The highest BCUT2D eigenvalue weighted by Gasteiger charge is 2.09. The Kier molecular flexibility index (Phi) is 4.26. The molecule has 0 saturated heterocycles. The van der Waals surface area contributed by atoms with Gasteiger partial charge in [-0.2, -0.15) is 0 Å². The molecule has 4 heteroatoms. The van der Waals surface area contributed by atoms with Gasteiger partial charge in [-0.3, -0.25) is 4.79 Å². The Morgan fingerprint density at radius 2 is 2.18 bits per heavy atom. The van der Waals surface area contributed by atoms with Gasteiger partial charge in [-0.05, 0) is 25.1 Å². The molecule has 0 aliphatic heterocycles. The van der Waals surface area contributed by atoms with E-state index in [1.807, 2.05) is 42.6 Å². The molecular formula is C13H11ClOS2. The number of carbonyl (C=O) groups excluding carboxylic acids is 1. The molecule has 0 bridgehead atoms. The van der Waals surface area contributed by atoms with Crippen molar-refractivity contribution in [3.8, 4) is 0 Å². The number of hydrogen-bond acceptors (Lipinski definition) is 3. The van der Waals surface area contributed by atoms with Crippen molar-refractivity contribution in [3.05, 3.63) is 51.2 Å². The predicted octanol–water partition coefficient (Wildman–Crippen LogP) is 4.68. The maximum atomic E-state index is 11.9. The zero-order valence-corrected chi connectivity index (χ0v) is 11.7. The molecule has 0 spiro atoms. The summed E-state index contributed by atoms with van der Waals surface area (Å²) in [5.74, 6) is 0.583. The first-order valence-corrected chi connectivity index (χ1v) is 7.37. The van der Waals surface area contributed by atoms with Crippen LogP contribution in [0, 0.1) is 6.92 Å². The minimum Gasteiger partial charge on any atom is -0.293 e. The minimum atomic E-state index is 0.152. The Hall–Kier alpha value is -0.770. The number of halogens is 1. The van der Waals surface area contributed by atoms with Gasteiger partial charge in [0, 0.05) is 20.7 Å². The Balaban J connectivity index is 1.99. The van der Waals surface area contributed by atoms with Crippen molar-refractivity contribution in [1.82, 2.24) is 0 Å². The Bertz CT molecular complexity index is 534. The van der Waals surface area contributed by atoms with Crippen molar-refractivity contribution in [1.29, 1.82) is 0 Å². The molecule has 0 amide bonds. The standard InChI is InChI=1S/C13H11ClOS2/c1-9-6-10(7-16-9)12(15)8-17-13-5-3-2-4-11(13)14/h2-7H,8H2,1H3. The highest BCUT2D eigenvalue weighted by Crippen LogP contribution is 2.27. The maximum Gasteiger partial charge on any atom is 0.173 e. The van der Waals surface area contributed by atoms with E-state index in [0.29, 0.717) is 10.8 Å². The monoisotopic (exact) mass is 282 g/mol. The summed E-state index contributed by atoms with van der Waals surface area (Å²) < 4.78 is 0. The summed E-state index contributed by atoms with van der Waals surface area (Å²) in [7, 11) is 0. The summed E-state index contributed by atoms with van der Waals surface area (Å²) in [5, 5.41) is 2.61. The summed E-state index contributed by atoms with van der Waals surface area (Å²) in [6, 6.07) is 9.51. The molecule has 2 rings (SSSR count). The average molecular weight is 283 g/mol. The van der Waals surface area contributed by atoms with Gasteiger partial charge in [0.1, 0.15) is 0 Å². The number of ketones is 1. The van der Waals surface area contributed by atoms with Crippen molar-refractivity contribution in [3.63, 3.8) is 0 Å². The van der Waals surface area contributed by atoms with Crippen molar-refractivity contribution in [2.24, 2.45) is 0 Å². The lowest BCUT2D eigenvalue weighted by Crippen LogP contribution is -2.00. The van der Waals surface area contributed by atoms with Crippen molar-refractivity contribution < 1.29 is 4.79 Å². The molecule has 1 nitrogen and oxygen atoms in total. The number of carbonyl (C=O) groups is 1. The lowest BCUT2D eigenvalue weighted by atomic mass is 10.2. The fourth-order valence-corrected chi connectivity index (χ4v) is 3.22. The molecule has 2 aromatic rings. The van der Waals surface area contributed by atoms with E-state index in [0.717, 1.165) is 15.3 Å². The number of thioether (sulfide) groups is 1. The van der Waals surface area contributed by atoms with Crippen LogP contribution in [0.25, 0.3) is 0 Å². The van der Waals surface area contributed by atoms with Crippen LogP contribution in [0.3, 0.4) is 0 Å². The molecule has 0 fully saturated rings. The number of aryl methyl sites for hydroxylation is 1. The first-order chi connectivity index (χ1) is 8.16. The Labute approximate surface area is 114 Å². The number of rotatable bonds is 4. The smallest absolute Gasteiger partial charge is 0.173 e. The van der Waals surface area contributed by atoms with E-state index in [1.54, 1.807) is 11.3 Å². The zero-order chi connectivity index (χ0) is 12.3. The molecule has 0 aliphatic rings. The second-order valence-corrected chi connectivity index (χ2v) is 6.13. The fourth-order valence-electron chi connectivity index (χ4n) is 1.38. The van der Waals surface area contributed by atoms with Crippen molar-refractivity contribution in [2.75, 3.05) is 5.75 Å². The van der Waals surface area contributed by atoms with Crippen LogP contribution in [0.5, 0.6) is 0 Å². The molecule has 0 N–H and O–H groups in total. The van der Waals surface area contributed by atoms with Gasteiger partial charge in [-0.15, -0.1) is 23.1 Å². The van der Waals surface area contributed by atoms with Gasteiger partial charge >= 0.3 is 0 Å². The quantitative estimate of drug-likeness (QED) is 0.598. The number of Topliss-reactive ketones (excluding diaryl/α,β-unsaturated/α-hetero) is 1. The van der Waals surface area contributed by atoms with Crippen LogP contribution in [-0.2, 0) is 0 Å². The normalized spacial score (nSPS) is 10.5. The predicted molar refractivity (Wildman–Crippen MR) is 75.6 cm³/mol. The summed E-state index contributed by atoms with van der Waals surface area (Å²) >= 11 is 9.11. The first kappa shape index (κ1) is 12.7. The van der Waals surface area contributed by atoms with Gasteiger partial charge in [-0.25, -0.2) is 0 Å². The first-order valence-electron chi connectivity index (χ1n) is 5.12. The van der Waals surface area contributed by atoms with Gasteiger partial charge in [0.05, 0.1) is 10.8 Å². The van der Waals surface area contributed by atoms with Crippen LogP contribution in [0.15, 0.2) is 40.6 Å². The Morgan fingerprint density at radius 3 is 2.82 bits per heavy atom. The van der Waals surface area contributed by atoms with Crippen LogP contribution in [0.4, 0.5) is 0 Å².